The minimum absolute atomic E-state index is 0.334. The number of nitrogens with zero attached hydrogens (tertiary/aromatic N) is 1. The first kappa shape index (κ1) is 8.97. The fourth-order valence-corrected chi connectivity index (χ4v) is 1.69. The van der Waals surface area contributed by atoms with Crippen molar-refractivity contribution in [3.63, 3.8) is 0 Å². The van der Waals surface area contributed by atoms with Crippen molar-refractivity contribution in [3.05, 3.63) is 0 Å². The molecule has 66 valence electrons. The Labute approximate surface area is 68.2 Å². The van der Waals surface area contributed by atoms with Crippen molar-refractivity contribution >= 4 is 0 Å². The molecule has 0 aliphatic carbocycles. The van der Waals surface area contributed by atoms with Crippen molar-refractivity contribution in [2.75, 3.05) is 32.8 Å². The molecule has 0 saturated carbocycles. The lowest BCUT2D eigenvalue weighted by atomic mass is 9.99. The van der Waals surface area contributed by atoms with E-state index in [-0.39, 0.29) is 0 Å². The number of nitrogens with two attached hydrogens (primary N) is 1. The van der Waals surface area contributed by atoms with Crippen LogP contribution < -0.4 is 5.73 Å². The molecule has 1 saturated heterocycles. The third-order valence-electron chi connectivity index (χ3n) is 2.31. The molecule has 1 unspecified atom stereocenters. The SMILES string of the molecule is NCCN1CCCC(CO)C1. The Morgan fingerprint density at radius 2 is 2.36 bits per heavy atom. The average molecular weight is 158 g/mol. The van der Waals surface area contributed by atoms with Crippen LogP contribution in [0.3, 0.4) is 0 Å². The Morgan fingerprint density at radius 3 is 3.00 bits per heavy atom. The maximum absolute atomic E-state index is 8.92. The summed E-state index contributed by atoms with van der Waals surface area (Å²) in [6.07, 6.45) is 2.39. The van der Waals surface area contributed by atoms with Gasteiger partial charge in [-0.05, 0) is 25.3 Å². The molecule has 1 aliphatic heterocycles. The Kier molecular flexibility index (Phi) is 3.83. The van der Waals surface area contributed by atoms with Gasteiger partial charge in [0.1, 0.15) is 0 Å². The Morgan fingerprint density at radius 1 is 1.55 bits per heavy atom. The zero-order valence-corrected chi connectivity index (χ0v) is 7.00. The van der Waals surface area contributed by atoms with Crippen LogP contribution in [0, 0.1) is 5.92 Å². The van der Waals surface area contributed by atoms with Crippen molar-refractivity contribution in [2.45, 2.75) is 12.8 Å². The quantitative estimate of drug-likeness (QED) is 0.590. The van der Waals surface area contributed by atoms with E-state index >= 15 is 0 Å². The summed E-state index contributed by atoms with van der Waals surface area (Å²) in [7, 11) is 0. The normalized spacial score (nSPS) is 27.3. The molecule has 1 aliphatic rings. The van der Waals surface area contributed by atoms with Crippen LogP contribution >= 0.6 is 0 Å². The number of aliphatic hydroxyl groups excluding tert-OH is 1. The van der Waals surface area contributed by atoms with Gasteiger partial charge >= 0.3 is 0 Å². The lowest BCUT2D eigenvalue weighted by molar-refractivity contribution is 0.123. The second-order valence-electron chi connectivity index (χ2n) is 3.28. The molecule has 1 atom stereocenters. The lowest BCUT2D eigenvalue weighted by Crippen LogP contribution is -2.39. The molecule has 1 fully saturated rings. The van der Waals surface area contributed by atoms with Crippen LogP contribution in [0.5, 0.6) is 0 Å². The number of hydrogen-bond acceptors (Lipinski definition) is 3. The molecule has 3 N–H and O–H groups in total. The Hall–Kier alpha value is -0.120. The maximum Gasteiger partial charge on any atom is 0.0471 e. The smallest absolute Gasteiger partial charge is 0.0471 e. The molecule has 0 radical (unpaired) electrons. The minimum atomic E-state index is 0.334. The summed E-state index contributed by atoms with van der Waals surface area (Å²) >= 11 is 0. The van der Waals surface area contributed by atoms with Crippen LogP contribution in [0.4, 0.5) is 0 Å². The second kappa shape index (κ2) is 4.70. The van der Waals surface area contributed by atoms with Gasteiger partial charge in [0, 0.05) is 26.2 Å². The van der Waals surface area contributed by atoms with E-state index in [4.69, 9.17) is 10.8 Å². The first-order valence-corrected chi connectivity index (χ1v) is 4.40. The van der Waals surface area contributed by atoms with Crippen LogP contribution in [0.2, 0.25) is 0 Å². The van der Waals surface area contributed by atoms with Crippen LogP contribution in [-0.2, 0) is 0 Å². The zero-order valence-electron chi connectivity index (χ0n) is 7.00. The fourth-order valence-electron chi connectivity index (χ4n) is 1.69. The Bertz CT molecular complexity index is 106. The summed E-state index contributed by atoms with van der Waals surface area (Å²) in [6, 6.07) is 0. The standard InChI is InChI=1S/C8H18N2O/c9-3-5-10-4-1-2-8(6-10)7-11/h8,11H,1-7,9H2. The average Bonchev–Trinajstić information content (AvgIpc) is 2.06. The highest BCUT2D eigenvalue weighted by Gasteiger charge is 2.17. The highest BCUT2D eigenvalue weighted by molar-refractivity contribution is 4.72. The van der Waals surface area contributed by atoms with E-state index in [2.05, 4.69) is 4.90 Å². The summed E-state index contributed by atoms with van der Waals surface area (Å²) < 4.78 is 0. The first-order valence-electron chi connectivity index (χ1n) is 4.40. The molecule has 0 aromatic heterocycles. The predicted molar refractivity (Wildman–Crippen MR) is 45.3 cm³/mol. The summed E-state index contributed by atoms with van der Waals surface area (Å²) in [6.45, 7) is 4.25. The summed E-state index contributed by atoms with van der Waals surface area (Å²) in [5.41, 5.74) is 5.44. The third-order valence-corrected chi connectivity index (χ3v) is 2.31. The van der Waals surface area contributed by atoms with Crippen LogP contribution in [0.15, 0.2) is 0 Å². The molecule has 0 aromatic carbocycles. The van der Waals surface area contributed by atoms with E-state index < -0.39 is 0 Å². The highest BCUT2D eigenvalue weighted by atomic mass is 16.3. The summed E-state index contributed by atoms with van der Waals surface area (Å²) in [4.78, 5) is 2.34. The lowest BCUT2D eigenvalue weighted by Gasteiger charge is -2.31. The fraction of sp³-hybridized carbons (Fsp3) is 1.00. The maximum atomic E-state index is 8.92. The van der Waals surface area contributed by atoms with E-state index in [9.17, 15) is 0 Å². The topological polar surface area (TPSA) is 49.5 Å². The number of hydrogen-bond donors (Lipinski definition) is 2. The predicted octanol–water partition coefficient (Wildman–Crippen LogP) is -0.351. The number of aliphatic hydroxyl groups is 1. The minimum Gasteiger partial charge on any atom is -0.396 e. The number of likely N-dealkylation sites (tertiary alicyclic amines) is 1. The van der Waals surface area contributed by atoms with E-state index in [1.165, 1.54) is 12.8 Å². The van der Waals surface area contributed by atoms with Crippen LogP contribution in [0.25, 0.3) is 0 Å². The van der Waals surface area contributed by atoms with Gasteiger partial charge in [0.05, 0.1) is 0 Å². The van der Waals surface area contributed by atoms with Crippen molar-refractivity contribution in [2.24, 2.45) is 11.7 Å². The largest absolute Gasteiger partial charge is 0.396 e. The van der Waals surface area contributed by atoms with Gasteiger partial charge in [-0.1, -0.05) is 0 Å². The van der Waals surface area contributed by atoms with E-state index in [1.54, 1.807) is 0 Å². The van der Waals surface area contributed by atoms with Gasteiger partial charge in [0.15, 0.2) is 0 Å². The van der Waals surface area contributed by atoms with E-state index in [0.717, 1.165) is 26.2 Å². The van der Waals surface area contributed by atoms with Gasteiger partial charge in [-0.2, -0.15) is 0 Å². The molecule has 0 amide bonds. The van der Waals surface area contributed by atoms with Crippen molar-refractivity contribution < 1.29 is 5.11 Å². The molecular weight excluding hydrogens is 140 g/mol. The van der Waals surface area contributed by atoms with Gasteiger partial charge in [0.25, 0.3) is 0 Å². The van der Waals surface area contributed by atoms with Gasteiger partial charge in [-0.15, -0.1) is 0 Å². The molecule has 0 aromatic rings. The molecule has 3 nitrogen and oxygen atoms in total. The Balaban J connectivity index is 2.21. The molecule has 0 bridgehead atoms. The monoisotopic (exact) mass is 158 g/mol. The van der Waals surface area contributed by atoms with Gasteiger partial charge < -0.3 is 15.7 Å². The van der Waals surface area contributed by atoms with Gasteiger partial charge in [-0.25, -0.2) is 0 Å². The third kappa shape index (κ3) is 2.77. The molecule has 1 heterocycles. The van der Waals surface area contributed by atoms with Crippen LogP contribution in [-0.4, -0.2) is 42.8 Å². The second-order valence-corrected chi connectivity index (χ2v) is 3.28. The molecule has 0 spiro atoms. The highest BCUT2D eigenvalue weighted by Crippen LogP contribution is 2.14. The number of piperidine rings is 1. The van der Waals surface area contributed by atoms with Crippen molar-refractivity contribution in [3.8, 4) is 0 Å². The van der Waals surface area contributed by atoms with Crippen molar-refractivity contribution in [1.29, 1.82) is 0 Å². The molecular formula is C8H18N2O. The van der Waals surface area contributed by atoms with Crippen molar-refractivity contribution in [1.82, 2.24) is 4.90 Å². The van der Waals surface area contributed by atoms with Crippen LogP contribution in [0.1, 0.15) is 12.8 Å². The summed E-state index contributed by atoms with van der Waals surface area (Å²) in [5, 5.41) is 8.92. The first-order chi connectivity index (χ1) is 5.36. The molecule has 11 heavy (non-hydrogen) atoms. The number of rotatable bonds is 3. The van der Waals surface area contributed by atoms with E-state index in [1.807, 2.05) is 0 Å². The zero-order chi connectivity index (χ0) is 8.10. The molecule has 1 rings (SSSR count). The van der Waals surface area contributed by atoms with E-state index in [0.29, 0.717) is 12.5 Å². The summed E-state index contributed by atoms with van der Waals surface area (Å²) in [5.74, 6) is 0.496. The van der Waals surface area contributed by atoms with Gasteiger partial charge in [0.2, 0.25) is 0 Å². The van der Waals surface area contributed by atoms with Gasteiger partial charge in [-0.3, -0.25) is 0 Å². The molecule has 3 heteroatoms.